The van der Waals surface area contributed by atoms with E-state index in [2.05, 4.69) is 10.5 Å². The van der Waals surface area contributed by atoms with Crippen molar-refractivity contribution in [3.8, 4) is 11.5 Å². The smallest absolute Gasteiger partial charge is 0.343 e. The topological polar surface area (TPSA) is 77.0 Å². The minimum atomic E-state index is -0.477. The van der Waals surface area contributed by atoms with Crippen molar-refractivity contribution in [2.45, 2.75) is 0 Å². The number of nitrogens with zero attached hydrogens (tertiary/aromatic N) is 1. The van der Waals surface area contributed by atoms with Crippen LogP contribution in [0.3, 0.4) is 0 Å². The lowest BCUT2D eigenvalue weighted by molar-refractivity contribution is 0.0734. The highest BCUT2D eigenvalue weighted by atomic mass is 35.5. The van der Waals surface area contributed by atoms with Crippen LogP contribution in [0.2, 0.25) is 5.02 Å². The molecule has 0 unspecified atom stereocenters. The molecule has 0 saturated carbocycles. The number of carbonyl (C=O) groups excluding carboxylic acids is 2. The summed E-state index contributed by atoms with van der Waals surface area (Å²) >= 11 is 5.81. The normalized spacial score (nSPS) is 10.6. The maximum Gasteiger partial charge on any atom is 0.343 e. The maximum absolute atomic E-state index is 12.1. The van der Waals surface area contributed by atoms with Gasteiger partial charge in [-0.05, 0) is 78.4 Å². The van der Waals surface area contributed by atoms with Crippen LogP contribution in [0.15, 0.2) is 77.9 Å². The van der Waals surface area contributed by atoms with Crippen molar-refractivity contribution >= 4 is 29.7 Å². The van der Waals surface area contributed by atoms with Crippen LogP contribution >= 0.6 is 11.6 Å². The third-order valence-corrected chi connectivity index (χ3v) is 4.15. The molecule has 7 heteroatoms. The molecule has 3 aromatic rings. The number of benzene rings is 3. The predicted molar refractivity (Wildman–Crippen MR) is 111 cm³/mol. The van der Waals surface area contributed by atoms with Gasteiger partial charge in [0.05, 0.1) is 18.9 Å². The van der Waals surface area contributed by atoms with Crippen LogP contribution in [-0.4, -0.2) is 25.2 Å². The minimum absolute atomic E-state index is 0.336. The summed E-state index contributed by atoms with van der Waals surface area (Å²) in [6.07, 6.45) is 1.49. The highest BCUT2D eigenvalue weighted by Crippen LogP contribution is 2.15. The SMILES string of the molecule is COc1ccc(C(=O)N/N=C\c2ccc(OC(=O)c3ccc(Cl)cc3)cc2)cc1. The first-order valence-electron chi connectivity index (χ1n) is 8.60. The van der Waals surface area contributed by atoms with E-state index in [1.807, 2.05) is 0 Å². The minimum Gasteiger partial charge on any atom is -0.497 e. The molecule has 0 heterocycles. The zero-order valence-corrected chi connectivity index (χ0v) is 16.2. The van der Waals surface area contributed by atoms with E-state index in [0.29, 0.717) is 27.6 Å². The number of hydrazone groups is 1. The molecule has 146 valence electrons. The van der Waals surface area contributed by atoms with Gasteiger partial charge in [0.15, 0.2) is 0 Å². The number of amides is 1. The van der Waals surface area contributed by atoms with Gasteiger partial charge in [-0.1, -0.05) is 11.6 Å². The summed E-state index contributed by atoms with van der Waals surface area (Å²) < 4.78 is 10.4. The van der Waals surface area contributed by atoms with E-state index in [4.69, 9.17) is 21.1 Å². The third kappa shape index (κ3) is 5.67. The van der Waals surface area contributed by atoms with Crippen LogP contribution in [0, 0.1) is 0 Å². The zero-order chi connectivity index (χ0) is 20.6. The quantitative estimate of drug-likeness (QED) is 0.285. The second kappa shape index (κ2) is 9.52. The predicted octanol–water partition coefficient (Wildman–Crippen LogP) is 4.33. The Bertz CT molecular complexity index is 1010. The van der Waals surface area contributed by atoms with E-state index in [0.717, 1.165) is 5.56 Å². The Labute approximate surface area is 172 Å². The molecule has 0 aromatic heterocycles. The van der Waals surface area contributed by atoms with Crippen LogP contribution in [0.1, 0.15) is 26.3 Å². The number of methoxy groups -OCH3 is 1. The Morgan fingerprint density at radius 3 is 2.07 bits per heavy atom. The van der Waals surface area contributed by atoms with E-state index in [-0.39, 0.29) is 5.91 Å². The molecule has 0 bridgehead atoms. The first-order chi connectivity index (χ1) is 14.0. The standard InChI is InChI=1S/C22H17ClN2O4/c1-28-19-12-6-16(7-13-19)21(26)25-24-14-15-2-10-20(11-3-15)29-22(27)17-4-8-18(23)9-5-17/h2-14H,1H3,(H,25,26)/b24-14-. The molecule has 0 fully saturated rings. The molecule has 0 spiro atoms. The molecule has 0 saturated heterocycles. The fourth-order valence-corrected chi connectivity index (χ4v) is 2.47. The molecule has 0 aliphatic rings. The average Bonchev–Trinajstić information content (AvgIpc) is 2.75. The maximum atomic E-state index is 12.1. The molecule has 3 rings (SSSR count). The molecule has 0 radical (unpaired) electrons. The van der Waals surface area contributed by atoms with Gasteiger partial charge in [0.25, 0.3) is 5.91 Å². The summed E-state index contributed by atoms with van der Waals surface area (Å²) in [5, 5.41) is 4.48. The molecule has 3 aromatic carbocycles. The number of esters is 1. The zero-order valence-electron chi connectivity index (χ0n) is 15.5. The number of halogens is 1. The van der Waals surface area contributed by atoms with E-state index in [1.165, 1.54) is 6.21 Å². The van der Waals surface area contributed by atoms with Crippen LogP contribution in [0.25, 0.3) is 0 Å². The molecular formula is C22H17ClN2O4. The lowest BCUT2D eigenvalue weighted by Crippen LogP contribution is -2.17. The second-order valence-corrected chi connectivity index (χ2v) is 6.33. The number of ether oxygens (including phenoxy) is 2. The van der Waals surface area contributed by atoms with Gasteiger partial charge in [-0.2, -0.15) is 5.10 Å². The lowest BCUT2D eigenvalue weighted by atomic mass is 10.2. The first kappa shape index (κ1) is 20.1. The van der Waals surface area contributed by atoms with Crippen LogP contribution in [-0.2, 0) is 0 Å². The highest BCUT2D eigenvalue weighted by molar-refractivity contribution is 6.30. The number of carbonyl (C=O) groups is 2. The second-order valence-electron chi connectivity index (χ2n) is 5.89. The van der Waals surface area contributed by atoms with Crippen molar-refractivity contribution in [2.75, 3.05) is 7.11 Å². The number of rotatable bonds is 6. The summed E-state index contributed by atoms with van der Waals surface area (Å²) in [4.78, 5) is 24.1. The monoisotopic (exact) mass is 408 g/mol. The van der Waals surface area contributed by atoms with Gasteiger partial charge < -0.3 is 9.47 Å². The van der Waals surface area contributed by atoms with E-state index in [1.54, 1.807) is 79.9 Å². The third-order valence-electron chi connectivity index (χ3n) is 3.90. The number of hydrogen-bond acceptors (Lipinski definition) is 5. The molecule has 6 nitrogen and oxygen atoms in total. The van der Waals surface area contributed by atoms with E-state index < -0.39 is 5.97 Å². The van der Waals surface area contributed by atoms with Crippen LogP contribution in [0.5, 0.6) is 11.5 Å². The summed E-state index contributed by atoms with van der Waals surface area (Å²) in [6, 6.07) is 19.8. The highest BCUT2D eigenvalue weighted by Gasteiger charge is 2.08. The van der Waals surface area contributed by atoms with Gasteiger partial charge in [-0.25, -0.2) is 10.2 Å². The van der Waals surface area contributed by atoms with Crippen molar-refractivity contribution < 1.29 is 19.1 Å². The van der Waals surface area contributed by atoms with Gasteiger partial charge >= 0.3 is 5.97 Å². The first-order valence-corrected chi connectivity index (χ1v) is 8.98. The number of nitrogens with one attached hydrogen (secondary N) is 1. The summed E-state index contributed by atoms with van der Waals surface area (Å²) in [6.45, 7) is 0. The summed E-state index contributed by atoms with van der Waals surface area (Å²) in [5.74, 6) is 0.249. The van der Waals surface area contributed by atoms with Crippen molar-refractivity contribution in [1.29, 1.82) is 0 Å². The van der Waals surface area contributed by atoms with Crippen LogP contribution in [0.4, 0.5) is 0 Å². The Kier molecular flexibility index (Phi) is 6.60. The van der Waals surface area contributed by atoms with Gasteiger partial charge in [0.1, 0.15) is 11.5 Å². The Balaban J connectivity index is 1.54. The fraction of sp³-hybridized carbons (Fsp3) is 0.0455. The molecule has 1 amide bonds. The van der Waals surface area contributed by atoms with Gasteiger partial charge in [0, 0.05) is 10.6 Å². The average molecular weight is 409 g/mol. The van der Waals surface area contributed by atoms with Crippen LogP contribution < -0.4 is 14.9 Å². The molecule has 0 atom stereocenters. The Morgan fingerprint density at radius 1 is 0.862 bits per heavy atom. The van der Waals surface area contributed by atoms with E-state index in [9.17, 15) is 9.59 Å². The Hall–Kier alpha value is -3.64. The van der Waals surface area contributed by atoms with Crippen molar-refractivity contribution in [3.05, 3.63) is 94.5 Å². The van der Waals surface area contributed by atoms with Gasteiger partial charge in [-0.3, -0.25) is 4.79 Å². The Morgan fingerprint density at radius 2 is 1.45 bits per heavy atom. The summed E-state index contributed by atoms with van der Waals surface area (Å²) in [7, 11) is 1.56. The van der Waals surface area contributed by atoms with Gasteiger partial charge in [0.2, 0.25) is 0 Å². The molecule has 0 aliphatic carbocycles. The van der Waals surface area contributed by atoms with Crippen molar-refractivity contribution in [1.82, 2.24) is 5.43 Å². The molecule has 1 N–H and O–H groups in total. The van der Waals surface area contributed by atoms with Crippen molar-refractivity contribution in [3.63, 3.8) is 0 Å². The fourth-order valence-electron chi connectivity index (χ4n) is 2.35. The molecule has 0 aliphatic heterocycles. The largest absolute Gasteiger partial charge is 0.497 e. The number of hydrogen-bond donors (Lipinski definition) is 1. The van der Waals surface area contributed by atoms with Crippen molar-refractivity contribution in [2.24, 2.45) is 5.10 Å². The lowest BCUT2D eigenvalue weighted by Gasteiger charge is -2.05. The molecular weight excluding hydrogens is 392 g/mol. The summed E-state index contributed by atoms with van der Waals surface area (Å²) in [5.41, 5.74) is 4.05. The van der Waals surface area contributed by atoms with E-state index >= 15 is 0 Å². The molecule has 29 heavy (non-hydrogen) atoms. The van der Waals surface area contributed by atoms with Gasteiger partial charge in [-0.15, -0.1) is 0 Å².